The molecule has 0 radical (unpaired) electrons. The Labute approximate surface area is 146 Å². The highest BCUT2D eigenvalue weighted by Gasteiger charge is 2.19. The normalized spacial score (nSPS) is 13.6. The maximum Gasteiger partial charge on any atom is 0.339 e. The van der Waals surface area contributed by atoms with Crippen LogP contribution in [0, 0.1) is 6.92 Å². The van der Waals surface area contributed by atoms with Gasteiger partial charge in [0, 0.05) is 18.8 Å². The molecule has 1 aliphatic heterocycles. The smallest absolute Gasteiger partial charge is 0.339 e. The van der Waals surface area contributed by atoms with Crippen LogP contribution in [-0.4, -0.2) is 42.0 Å². The van der Waals surface area contributed by atoms with Gasteiger partial charge in [-0.25, -0.2) is 14.8 Å². The minimum Gasteiger partial charge on any atom is -0.465 e. The number of nitrogens with one attached hydrogen (secondary N) is 1. The van der Waals surface area contributed by atoms with E-state index >= 15 is 0 Å². The molecule has 2 heterocycles. The molecule has 1 N–H and O–H groups in total. The second-order valence-electron chi connectivity index (χ2n) is 5.88. The number of ether oxygens (including phenoxy) is 1. The molecule has 0 atom stereocenters. The first-order valence-electron chi connectivity index (χ1n) is 8.18. The SMILES string of the molecule is COC(=O)c1ccccc1NC(=O)c1cc(C)nc(N2CCCC2)n1. The number of hydrogen-bond donors (Lipinski definition) is 1. The lowest BCUT2D eigenvalue weighted by atomic mass is 10.1. The summed E-state index contributed by atoms with van der Waals surface area (Å²) in [6.45, 7) is 3.63. The zero-order chi connectivity index (χ0) is 17.8. The first kappa shape index (κ1) is 16.9. The van der Waals surface area contributed by atoms with E-state index in [1.165, 1.54) is 7.11 Å². The van der Waals surface area contributed by atoms with Crippen LogP contribution < -0.4 is 10.2 Å². The maximum atomic E-state index is 12.6. The summed E-state index contributed by atoms with van der Waals surface area (Å²) >= 11 is 0. The van der Waals surface area contributed by atoms with Gasteiger partial charge in [-0.2, -0.15) is 0 Å². The predicted octanol–water partition coefficient (Wildman–Crippen LogP) is 2.42. The molecular weight excluding hydrogens is 320 g/mol. The van der Waals surface area contributed by atoms with Gasteiger partial charge in [-0.15, -0.1) is 0 Å². The summed E-state index contributed by atoms with van der Waals surface area (Å²) < 4.78 is 4.75. The summed E-state index contributed by atoms with van der Waals surface area (Å²) in [6.07, 6.45) is 2.21. The highest BCUT2D eigenvalue weighted by molar-refractivity contribution is 6.07. The van der Waals surface area contributed by atoms with Gasteiger partial charge in [0.15, 0.2) is 0 Å². The predicted molar refractivity (Wildman–Crippen MR) is 94.0 cm³/mol. The third-order valence-electron chi connectivity index (χ3n) is 4.04. The molecular formula is C18H20N4O3. The second-order valence-corrected chi connectivity index (χ2v) is 5.88. The van der Waals surface area contributed by atoms with Crippen molar-refractivity contribution in [1.82, 2.24) is 9.97 Å². The monoisotopic (exact) mass is 340 g/mol. The van der Waals surface area contributed by atoms with Crippen LogP contribution in [0.4, 0.5) is 11.6 Å². The largest absolute Gasteiger partial charge is 0.465 e. The Kier molecular flexibility index (Phi) is 4.92. The van der Waals surface area contributed by atoms with Gasteiger partial charge < -0.3 is 15.0 Å². The molecule has 0 saturated carbocycles. The Hall–Kier alpha value is -2.96. The number of amides is 1. The molecule has 0 unspecified atom stereocenters. The Balaban J connectivity index is 1.86. The van der Waals surface area contributed by atoms with Gasteiger partial charge >= 0.3 is 5.97 Å². The first-order chi connectivity index (χ1) is 12.1. The van der Waals surface area contributed by atoms with Gasteiger partial charge in [-0.1, -0.05) is 12.1 Å². The Morgan fingerprint density at radius 3 is 2.60 bits per heavy atom. The number of hydrogen-bond acceptors (Lipinski definition) is 6. The van der Waals surface area contributed by atoms with Crippen molar-refractivity contribution in [3.05, 3.63) is 47.3 Å². The quantitative estimate of drug-likeness (QED) is 0.861. The van der Waals surface area contributed by atoms with Crippen molar-refractivity contribution >= 4 is 23.5 Å². The van der Waals surface area contributed by atoms with Crippen molar-refractivity contribution in [3.8, 4) is 0 Å². The molecule has 0 spiro atoms. The molecule has 130 valence electrons. The van der Waals surface area contributed by atoms with Gasteiger partial charge in [0.1, 0.15) is 5.69 Å². The van der Waals surface area contributed by atoms with Crippen LogP contribution in [0.2, 0.25) is 0 Å². The number of benzene rings is 1. The molecule has 0 bridgehead atoms. The molecule has 1 fully saturated rings. The van der Waals surface area contributed by atoms with Crippen LogP contribution in [-0.2, 0) is 4.74 Å². The zero-order valence-corrected chi connectivity index (χ0v) is 14.3. The van der Waals surface area contributed by atoms with E-state index in [2.05, 4.69) is 20.2 Å². The number of carbonyl (C=O) groups is 2. The van der Waals surface area contributed by atoms with Crippen LogP contribution >= 0.6 is 0 Å². The molecule has 3 rings (SSSR count). The Morgan fingerprint density at radius 1 is 1.16 bits per heavy atom. The van der Waals surface area contributed by atoms with E-state index in [-0.39, 0.29) is 11.6 Å². The summed E-state index contributed by atoms with van der Waals surface area (Å²) in [4.78, 5) is 35.3. The van der Waals surface area contributed by atoms with Crippen molar-refractivity contribution in [2.75, 3.05) is 30.4 Å². The van der Waals surface area contributed by atoms with Crippen LogP contribution in [0.15, 0.2) is 30.3 Å². The lowest BCUT2D eigenvalue weighted by Crippen LogP contribution is -2.23. The number of aromatic nitrogens is 2. The lowest BCUT2D eigenvalue weighted by molar-refractivity contribution is 0.0602. The number of esters is 1. The van der Waals surface area contributed by atoms with Crippen molar-refractivity contribution in [1.29, 1.82) is 0 Å². The second kappa shape index (κ2) is 7.29. The van der Waals surface area contributed by atoms with Gasteiger partial charge in [0.25, 0.3) is 5.91 Å². The fourth-order valence-electron chi connectivity index (χ4n) is 2.79. The summed E-state index contributed by atoms with van der Waals surface area (Å²) in [7, 11) is 1.30. The molecule has 1 aliphatic rings. The van der Waals surface area contributed by atoms with Crippen molar-refractivity contribution in [2.24, 2.45) is 0 Å². The highest BCUT2D eigenvalue weighted by atomic mass is 16.5. The van der Waals surface area contributed by atoms with Crippen LogP contribution in [0.3, 0.4) is 0 Å². The van der Waals surface area contributed by atoms with Gasteiger partial charge in [0.2, 0.25) is 5.95 Å². The third kappa shape index (κ3) is 3.76. The Bertz CT molecular complexity index is 801. The number of aryl methyl sites for hydroxylation is 1. The molecule has 1 amide bonds. The summed E-state index contributed by atoms with van der Waals surface area (Å²) in [6, 6.07) is 8.34. The summed E-state index contributed by atoms with van der Waals surface area (Å²) in [5.74, 6) is -0.321. The lowest BCUT2D eigenvalue weighted by Gasteiger charge is -2.16. The summed E-state index contributed by atoms with van der Waals surface area (Å²) in [5.41, 5.74) is 1.68. The minimum atomic E-state index is -0.507. The van der Waals surface area contributed by atoms with Crippen LogP contribution in [0.5, 0.6) is 0 Å². The maximum absolute atomic E-state index is 12.6. The molecule has 0 aliphatic carbocycles. The van der Waals surface area contributed by atoms with E-state index in [0.717, 1.165) is 31.6 Å². The number of carbonyl (C=O) groups excluding carboxylic acids is 2. The third-order valence-corrected chi connectivity index (χ3v) is 4.04. The first-order valence-corrected chi connectivity index (χ1v) is 8.18. The number of methoxy groups -OCH3 is 1. The highest BCUT2D eigenvalue weighted by Crippen LogP contribution is 2.19. The molecule has 25 heavy (non-hydrogen) atoms. The van der Waals surface area contributed by atoms with Crippen molar-refractivity contribution in [3.63, 3.8) is 0 Å². The standard InChI is InChI=1S/C18H20N4O3/c1-12-11-15(21-18(19-12)22-9-5-6-10-22)16(23)20-14-8-4-3-7-13(14)17(24)25-2/h3-4,7-8,11H,5-6,9-10H2,1-2H3,(H,20,23). The summed E-state index contributed by atoms with van der Waals surface area (Å²) in [5, 5.41) is 2.74. The molecule has 1 aromatic heterocycles. The minimum absolute atomic E-state index is 0.272. The number of anilines is 2. The molecule has 1 saturated heterocycles. The molecule has 2 aromatic rings. The van der Waals surface area contributed by atoms with Gasteiger partial charge in [0.05, 0.1) is 18.4 Å². The van der Waals surface area contributed by atoms with E-state index in [9.17, 15) is 9.59 Å². The topological polar surface area (TPSA) is 84.4 Å². The van der Waals surface area contributed by atoms with Gasteiger partial charge in [-0.3, -0.25) is 4.79 Å². The van der Waals surface area contributed by atoms with Crippen molar-refractivity contribution < 1.29 is 14.3 Å². The van der Waals surface area contributed by atoms with E-state index < -0.39 is 5.97 Å². The van der Waals surface area contributed by atoms with E-state index in [4.69, 9.17) is 4.74 Å². The fraction of sp³-hybridized carbons (Fsp3) is 0.333. The Morgan fingerprint density at radius 2 is 1.88 bits per heavy atom. The van der Waals surface area contributed by atoms with Crippen LogP contribution in [0.25, 0.3) is 0 Å². The number of rotatable bonds is 4. The number of nitrogens with zero attached hydrogens (tertiary/aromatic N) is 3. The zero-order valence-electron chi connectivity index (χ0n) is 14.3. The number of para-hydroxylation sites is 1. The van der Waals surface area contributed by atoms with Crippen LogP contribution in [0.1, 0.15) is 39.4 Å². The van der Waals surface area contributed by atoms with E-state index in [1.807, 2.05) is 6.92 Å². The van der Waals surface area contributed by atoms with Crippen molar-refractivity contribution in [2.45, 2.75) is 19.8 Å². The molecule has 1 aromatic carbocycles. The molecule has 7 heteroatoms. The fourth-order valence-corrected chi connectivity index (χ4v) is 2.79. The molecule has 7 nitrogen and oxygen atoms in total. The van der Waals surface area contributed by atoms with Gasteiger partial charge in [-0.05, 0) is 38.0 Å². The average molecular weight is 340 g/mol. The average Bonchev–Trinajstić information content (AvgIpc) is 3.15. The van der Waals surface area contributed by atoms with E-state index in [0.29, 0.717) is 17.2 Å². The van der Waals surface area contributed by atoms with E-state index in [1.54, 1.807) is 30.3 Å².